The van der Waals surface area contributed by atoms with Gasteiger partial charge >= 0.3 is 0 Å². The summed E-state index contributed by atoms with van der Waals surface area (Å²) in [5.74, 6) is -3.38. The fourth-order valence-electron chi connectivity index (χ4n) is 4.82. The van der Waals surface area contributed by atoms with Gasteiger partial charge in [-0.25, -0.2) is 0 Å². The highest BCUT2D eigenvalue weighted by molar-refractivity contribution is 6.38. The first kappa shape index (κ1) is 25.4. The Labute approximate surface area is 208 Å². The quantitative estimate of drug-likeness (QED) is 0.388. The van der Waals surface area contributed by atoms with E-state index in [-0.39, 0.29) is 24.1 Å². The third-order valence-corrected chi connectivity index (χ3v) is 6.79. The molecule has 2 atom stereocenters. The van der Waals surface area contributed by atoms with Crippen LogP contribution in [-0.2, 0) is 19.2 Å². The molecule has 1 aromatic carbocycles. The Bertz CT molecular complexity index is 1100. The Morgan fingerprint density at radius 3 is 2.56 bits per heavy atom. The fourth-order valence-corrected chi connectivity index (χ4v) is 4.82. The molecule has 4 rings (SSSR count). The molecule has 10 nitrogen and oxygen atoms in total. The summed E-state index contributed by atoms with van der Waals surface area (Å²) in [5.41, 5.74) is 0.549. The Hall–Kier alpha value is -3.69. The van der Waals surface area contributed by atoms with Crippen molar-refractivity contribution in [2.45, 2.75) is 63.5 Å². The van der Waals surface area contributed by atoms with E-state index in [4.69, 9.17) is 4.42 Å². The summed E-state index contributed by atoms with van der Waals surface area (Å²) in [6.45, 7) is 0.150. The van der Waals surface area contributed by atoms with Crippen molar-refractivity contribution in [2.24, 2.45) is 5.92 Å². The number of hydrogen-bond donors (Lipinski definition) is 4. The minimum Gasteiger partial charge on any atom is -0.451 e. The Morgan fingerprint density at radius 1 is 1.03 bits per heavy atom. The minimum absolute atomic E-state index is 0.0199. The van der Waals surface area contributed by atoms with Crippen molar-refractivity contribution in [1.29, 1.82) is 0 Å². The van der Waals surface area contributed by atoms with E-state index in [1.165, 1.54) is 0 Å². The molecular formula is C26H32N4O6. The van der Waals surface area contributed by atoms with Crippen LogP contribution in [0.1, 0.15) is 61.9 Å². The number of para-hydroxylation sites is 1. The molecule has 1 saturated carbocycles. The monoisotopic (exact) mass is 496 g/mol. The molecule has 4 amide bonds. The highest BCUT2D eigenvalue weighted by Crippen LogP contribution is 2.20. The third-order valence-electron chi connectivity index (χ3n) is 6.79. The van der Waals surface area contributed by atoms with Crippen LogP contribution in [0.25, 0.3) is 11.0 Å². The third kappa shape index (κ3) is 6.50. The van der Waals surface area contributed by atoms with Crippen molar-refractivity contribution in [1.82, 2.24) is 21.3 Å². The molecule has 0 radical (unpaired) electrons. The SMILES string of the molecule is O=C(CNC(=O)c1cc2ccccc2o1)NC(CC1CCCNC1=O)C(=O)C(=O)NC1CCCCC1. The average Bonchev–Trinajstić information content (AvgIpc) is 3.33. The van der Waals surface area contributed by atoms with Gasteiger partial charge in [-0.05, 0) is 44.2 Å². The molecule has 2 aromatic rings. The molecule has 1 aliphatic heterocycles. The first-order chi connectivity index (χ1) is 17.4. The van der Waals surface area contributed by atoms with E-state index in [0.29, 0.717) is 18.5 Å². The summed E-state index contributed by atoms with van der Waals surface area (Å²) in [4.78, 5) is 63.1. The van der Waals surface area contributed by atoms with Crippen LogP contribution in [0.2, 0.25) is 0 Å². The number of furan rings is 1. The van der Waals surface area contributed by atoms with Gasteiger partial charge in [0.05, 0.1) is 12.6 Å². The molecule has 4 N–H and O–H groups in total. The predicted molar refractivity (Wildman–Crippen MR) is 131 cm³/mol. The van der Waals surface area contributed by atoms with E-state index < -0.39 is 42.0 Å². The van der Waals surface area contributed by atoms with Crippen molar-refractivity contribution >= 4 is 40.4 Å². The number of rotatable bonds is 9. The van der Waals surface area contributed by atoms with Crippen LogP contribution in [0.4, 0.5) is 0 Å². The summed E-state index contributed by atoms with van der Waals surface area (Å²) in [6, 6.07) is 7.49. The van der Waals surface area contributed by atoms with Gasteiger partial charge in [0.25, 0.3) is 11.8 Å². The summed E-state index contributed by atoms with van der Waals surface area (Å²) in [6.07, 6.45) is 6.07. The maximum absolute atomic E-state index is 13.0. The number of carbonyl (C=O) groups excluding carboxylic acids is 5. The largest absolute Gasteiger partial charge is 0.451 e. The number of benzene rings is 1. The molecule has 36 heavy (non-hydrogen) atoms. The fraction of sp³-hybridized carbons (Fsp3) is 0.500. The maximum Gasteiger partial charge on any atom is 0.289 e. The van der Waals surface area contributed by atoms with Crippen molar-refractivity contribution in [3.05, 3.63) is 36.1 Å². The van der Waals surface area contributed by atoms with Gasteiger partial charge in [-0.2, -0.15) is 0 Å². The van der Waals surface area contributed by atoms with E-state index in [9.17, 15) is 24.0 Å². The van der Waals surface area contributed by atoms with Gasteiger partial charge in [0.2, 0.25) is 17.6 Å². The van der Waals surface area contributed by atoms with Gasteiger partial charge < -0.3 is 25.7 Å². The number of ketones is 1. The smallest absolute Gasteiger partial charge is 0.289 e. The van der Waals surface area contributed by atoms with Crippen molar-refractivity contribution in [2.75, 3.05) is 13.1 Å². The van der Waals surface area contributed by atoms with Gasteiger partial charge in [-0.3, -0.25) is 24.0 Å². The number of carbonyl (C=O) groups is 5. The second-order valence-electron chi connectivity index (χ2n) is 9.49. The molecule has 192 valence electrons. The second-order valence-corrected chi connectivity index (χ2v) is 9.49. The first-order valence-electron chi connectivity index (χ1n) is 12.6. The first-order valence-corrected chi connectivity index (χ1v) is 12.6. The van der Waals surface area contributed by atoms with E-state index in [0.717, 1.165) is 43.9 Å². The second kappa shape index (κ2) is 11.8. The van der Waals surface area contributed by atoms with E-state index >= 15 is 0 Å². The van der Waals surface area contributed by atoms with Crippen molar-refractivity contribution < 1.29 is 28.4 Å². The summed E-state index contributed by atoms with van der Waals surface area (Å²) >= 11 is 0. The average molecular weight is 497 g/mol. The molecule has 2 unspecified atom stereocenters. The predicted octanol–water partition coefficient (Wildman–Crippen LogP) is 1.58. The van der Waals surface area contributed by atoms with Crippen LogP contribution in [-0.4, -0.2) is 54.6 Å². The zero-order chi connectivity index (χ0) is 25.5. The lowest BCUT2D eigenvalue weighted by molar-refractivity contribution is -0.141. The Morgan fingerprint density at radius 2 is 1.81 bits per heavy atom. The molecule has 1 aliphatic carbocycles. The van der Waals surface area contributed by atoms with Gasteiger partial charge in [0.1, 0.15) is 5.58 Å². The van der Waals surface area contributed by atoms with Crippen molar-refractivity contribution in [3.63, 3.8) is 0 Å². The molecule has 2 heterocycles. The van der Waals surface area contributed by atoms with Gasteiger partial charge in [-0.15, -0.1) is 0 Å². The number of piperidine rings is 1. The van der Waals surface area contributed by atoms with Crippen LogP contribution in [0.3, 0.4) is 0 Å². The standard InChI is InChI=1S/C26H32N4O6/c31-22(15-28-25(34)21-14-16-7-4-5-11-20(16)36-21)30-19(13-17-8-6-12-27-24(17)33)23(32)26(35)29-18-9-2-1-3-10-18/h4-5,7,11,14,17-19H,1-3,6,8-10,12-13,15H2,(H,27,33)(H,28,34)(H,29,35)(H,30,31). The van der Waals surface area contributed by atoms with Crippen LogP contribution in [0.15, 0.2) is 34.7 Å². The number of fused-ring (bicyclic) bond motifs is 1. The lowest BCUT2D eigenvalue weighted by Gasteiger charge is -2.27. The van der Waals surface area contributed by atoms with Crippen LogP contribution >= 0.6 is 0 Å². The van der Waals surface area contributed by atoms with Gasteiger partial charge in [0.15, 0.2) is 5.76 Å². The number of Topliss-reactive ketones (excluding diaryl/α,β-unsaturated/α-hetero) is 1. The summed E-state index contributed by atoms with van der Waals surface area (Å²) in [7, 11) is 0. The molecule has 2 aliphatic rings. The molecule has 2 fully saturated rings. The Kier molecular flexibility index (Phi) is 8.35. The normalized spacial score (nSPS) is 19.2. The zero-order valence-electron chi connectivity index (χ0n) is 20.1. The van der Waals surface area contributed by atoms with E-state index in [1.54, 1.807) is 24.3 Å². The number of nitrogens with one attached hydrogen (secondary N) is 4. The molecule has 0 bridgehead atoms. The van der Waals surface area contributed by atoms with E-state index in [2.05, 4.69) is 21.3 Å². The maximum atomic E-state index is 13.0. The zero-order valence-corrected chi connectivity index (χ0v) is 20.1. The molecule has 1 aromatic heterocycles. The minimum atomic E-state index is -1.17. The van der Waals surface area contributed by atoms with Gasteiger partial charge in [-0.1, -0.05) is 37.5 Å². The van der Waals surface area contributed by atoms with Crippen molar-refractivity contribution in [3.8, 4) is 0 Å². The lowest BCUT2D eigenvalue weighted by Crippen LogP contribution is -2.53. The highest BCUT2D eigenvalue weighted by atomic mass is 16.3. The van der Waals surface area contributed by atoms with Crippen LogP contribution < -0.4 is 21.3 Å². The number of hydrogen-bond acceptors (Lipinski definition) is 6. The topological polar surface area (TPSA) is 147 Å². The molecule has 1 saturated heterocycles. The number of amides is 4. The molecule has 0 spiro atoms. The van der Waals surface area contributed by atoms with Crippen LogP contribution in [0.5, 0.6) is 0 Å². The van der Waals surface area contributed by atoms with Crippen LogP contribution in [0, 0.1) is 5.92 Å². The van der Waals surface area contributed by atoms with Gasteiger partial charge in [0, 0.05) is 23.9 Å². The summed E-state index contributed by atoms with van der Waals surface area (Å²) < 4.78 is 5.50. The summed E-state index contributed by atoms with van der Waals surface area (Å²) in [5, 5.41) is 11.3. The Balaban J connectivity index is 1.37. The van der Waals surface area contributed by atoms with E-state index in [1.807, 2.05) is 6.07 Å². The molecular weight excluding hydrogens is 464 g/mol. The molecule has 10 heteroatoms. The lowest BCUT2D eigenvalue weighted by atomic mass is 9.89. The highest BCUT2D eigenvalue weighted by Gasteiger charge is 2.34.